The molecule has 306 valence electrons. The van der Waals surface area contributed by atoms with Crippen LogP contribution in [0.5, 0.6) is 0 Å². The highest BCUT2D eigenvalue weighted by atomic mass is 16.3. The SMILES string of the molecule is Cc1cccc(N(c2ccccc2)c2cc(N(c3ccccc3)c3cccc(C)c3)cc(N(c3ccc(-c4ccc5oc6ccccc6c5c4)cc3)c3cccc4ccccc34)c2)c1. The van der Waals surface area contributed by atoms with E-state index in [1.807, 2.05) is 12.1 Å². The summed E-state index contributed by atoms with van der Waals surface area (Å²) in [7, 11) is 0. The largest absolute Gasteiger partial charge is 0.456 e. The molecule has 0 aliphatic heterocycles. The third kappa shape index (κ3) is 7.31. The number of aryl methyl sites for hydroxylation is 2. The fourth-order valence-electron chi connectivity index (χ4n) is 9.09. The van der Waals surface area contributed by atoms with E-state index in [4.69, 9.17) is 4.42 Å². The molecular formula is C60H45N3O. The van der Waals surface area contributed by atoms with Crippen LogP contribution in [-0.4, -0.2) is 0 Å². The summed E-state index contributed by atoms with van der Waals surface area (Å²) in [6.07, 6.45) is 0. The van der Waals surface area contributed by atoms with Crippen molar-refractivity contribution in [1.29, 1.82) is 0 Å². The molecule has 11 rings (SSSR count). The molecule has 1 heterocycles. The topological polar surface area (TPSA) is 22.9 Å². The molecule has 0 saturated heterocycles. The third-order valence-corrected chi connectivity index (χ3v) is 12.1. The minimum Gasteiger partial charge on any atom is -0.456 e. The molecule has 4 nitrogen and oxygen atoms in total. The highest BCUT2D eigenvalue weighted by molar-refractivity contribution is 6.06. The number of hydrogen-bond donors (Lipinski definition) is 0. The van der Waals surface area contributed by atoms with Crippen LogP contribution in [0.25, 0.3) is 43.8 Å². The predicted molar refractivity (Wildman–Crippen MR) is 270 cm³/mol. The van der Waals surface area contributed by atoms with Crippen molar-refractivity contribution in [2.75, 3.05) is 14.7 Å². The van der Waals surface area contributed by atoms with Crippen molar-refractivity contribution in [2.45, 2.75) is 13.8 Å². The van der Waals surface area contributed by atoms with E-state index in [9.17, 15) is 0 Å². The molecule has 11 aromatic rings. The lowest BCUT2D eigenvalue weighted by Gasteiger charge is -2.33. The van der Waals surface area contributed by atoms with E-state index in [0.717, 1.165) is 89.6 Å². The molecule has 0 unspecified atom stereocenters. The summed E-state index contributed by atoms with van der Waals surface area (Å²) in [4.78, 5) is 7.17. The lowest BCUT2D eigenvalue weighted by molar-refractivity contribution is 0.669. The van der Waals surface area contributed by atoms with Gasteiger partial charge in [-0.3, -0.25) is 0 Å². The maximum Gasteiger partial charge on any atom is 0.135 e. The van der Waals surface area contributed by atoms with Crippen molar-refractivity contribution in [3.63, 3.8) is 0 Å². The van der Waals surface area contributed by atoms with E-state index >= 15 is 0 Å². The Labute approximate surface area is 374 Å². The molecular weight excluding hydrogens is 779 g/mol. The Morgan fingerprint density at radius 1 is 0.281 bits per heavy atom. The second-order valence-electron chi connectivity index (χ2n) is 16.4. The van der Waals surface area contributed by atoms with Gasteiger partial charge in [-0.1, -0.05) is 133 Å². The Morgan fingerprint density at radius 2 is 0.750 bits per heavy atom. The van der Waals surface area contributed by atoms with Gasteiger partial charge in [0.1, 0.15) is 11.2 Å². The van der Waals surface area contributed by atoms with Crippen molar-refractivity contribution in [2.24, 2.45) is 0 Å². The lowest BCUT2D eigenvalue weighted by atomic mass is 10.0. The van der Waals surface area contributed by atoms with E-state index in [-0.39, 0.29) is 0 Å². The van der Waals surface area contributed by atoms with Crippen molar-refractivity contribution in [1.82, 2.24) is 0 Å². The van der Waals surface area contributed by atoms with Crippen LogP contribution >= 0.6 is 0 Å². The fraction of sp³-hybridized carbons (Fsp3) is 0.0333. The van der Waals surface area contributed by atoms with Crippen molar-refractivity contribution >= 4 is 83.9 Å². The van der Waals surface area contributed by atoms with Crippen LogP contribution < -0.4 is 14.7 Å². The molecule has 0 N–H and O–H groups in total. The van der Waals surface area contributed by atoms with E-state index in [0.29, 0.717) is 0 Å². The number of hydrogen-bond acceptors (Lipinski definition) is 4. The van der Waals surface area contributed by atoms with Gasteiger partial charge in [0.25, 0.3) is 0 Å². The van der Waals surface area contributed by atoms with Crippen LogP contribution in [-0.2, 0) is 0 Å². The molecule has 0 spiro atoms. The number of nitrogens with zero attached hydrogens (tertiary/aromatic N) is 3. The van der Waals surface area contributed by atoms with Gasteiger partial charge < -0.3 is 19.1 Å². The standard InChI is InChI=1S/C60H45N3O/c1-42-16-13-24-50(36-42)61(47-20-5-3-6-21-47)52-39-53(62(48-22-7-4-8-23-48)51-25-14-17-43(2)37-51)41-54(40-52)63(58-28-15-19-45-18-9-10-26-55(45)58)49-33-30-44(31-34-49)46-32-35-60-57(38-46)56-27-11-12-29-59(56)64-60/h3-41H,1-2H3. The molecule has 0 amide bonds. The summed E-state index contributed by atoms with van der Waals surface area (Å²) in [5.41, 5.74) is 16.0. The summed E-state index contributed by atoms with van der Waals surface area (Å²) in [5, 5.41) is 4.58. The quantitative estimate of drug-likeness (QED) is 0.137. The smallest absolute Gasteiger partial charge is 0.135 e. The van der Waals surface area contributed by atoms with Crippen LogP contribution in [0.3, 0.4) is 0 Å². The summed E-state index contributed by atoms with van der Waals surface area (Å²) in [6.45, 7) is 4.32. The Morgan fingerprint density at radius 3 is 1.38 bits per heavy atom. The predicted octanol–water partition coefficient (Wildman–Crippen LogP) is 17.4. The Hall–Kier alpha value is -8.34. The number of furan rings is 1. The van der Waals surface area contributed by atoms with Gasteiger partial charge >= 0.3 is 0 Å². The Balaban J connectivity index is 1.16. The van der Waals surface area contributed by atoms with Gasteiger partial charge in [0.15, 0.2) is 0 Å². The molecule has 4 heteroatoms. The number of para-hydroxylation sites is 3. The van der Waals surface area contributed by atoms with E-state index in [1.54, 1.807) is 0 Å². The van der Waals surface area contributed by atoms with Gasteiger partial charge in [0.2, 0.25) is 0 Å². The Kier molecular flexibility index (Phi) is 9.95. The minimum atomic E-state index is 0.893. The van der Waals surface area contributed by atoms with Gasteiger partial charge in [0.05, 0.1) is 22.7 Å². The van der Waals surface area contributed by atoms with Crippen LogP contribution in [0, 0.1) is 13.8 Å². The van der Waals surface area contributed by atoms with Crippen LogP contribution in [0.1, 0.15) is 11.1 Å². The normalized spacial score (nSPS) is 11.3. The number of benzene rings is 10. The van der Waals surface area contributed by atoms with Crippen LogP contribution in [0.15, 0.2) is 241 Å². The van der Waals surface area contributed by atoms with Crippen molar-refractivity contribution in [3.05, 3.63) is 248 Å². The van der Waals surface area contributed by atoms with Gasteiger partial charge in [0, 0.05) is 44.6 Å². The minimum absolute atomic E-state index is 0.893. The third-order valence-electron chi connectivity index (χ3n) is 12.1. The zero-order valence-corrected chi connectivity index (χ0v) is 35.8. The molecule has 0 atom stereocenters. The van der Waals surface area contributed by atoms with Gasteiger partial charge in [-0.15, -0.1) is 0 Å². The van der Waals surface area contributed by atoms with E-state index in [1.165, 1.54) is 16.5 Å². The number of anilines is 9. The molecule has 0 aliphatic carbocycles. The Bertz CT molecular complexity index is 3320. The first-order valence-corrected chi connectivity index (χ1v) is 21.8. The first-order valence-electron chi connectivity index (χ1n) is 21.8. The molecule has 0 saturated carbocycles. The molecule has 0 fully saturated rings. The van der Waals surface area contributed by atoms with E-state index < -0.39 is 0 Å². The molecule has 0 bridgehead atoms. The van der Waals surface area contributed by atoms with Gasteiger partial charge in [-0.2, -0.15) is 0 Å². The summed E-state index contributed by atoms with van der Waals surface area (Å²) in [6, 6.07) is 84.9. The van der Waals surface area contributed by atoms with Crippen LogP contribution in [0.4, 0.5) is 51.2 Å². The maximum absolute atomic E-state index is 6.19. The molecule has 0 radical (unpaired) electrons. The van der Waals surface area contributed by atoms with Gasteiger partial charge in [-0.25, -0.2) is 0 Å². The zero-order chi connectivity index (χ0) is 43.0. The first kappa shape index (κ1) is 38.6. The second kappa shape index (κ2) is 16.5. The number of rotatable bonds is 10. The summed E-state index contributed by atoms with van der Waals surface area (Å²) < 4.78 is 6.19. The molecule has 64 heavy (non-hydrogen) atoms. The summed E-state index contributed by atoms with van der Waals surface area (Å²) in [5.74, 6) is 0. The molecule has 10 aromatic carbocycles. The molecule has 0 aliphatic rings. The highest BCUT2D eigenvalue weighted by Crippen LogP contribution is 2.47. The first-order chi connectivity index (χ1) is 31.5. The molecule has 1 aromatic heterocycles. The average molecular weight is 824 g/mol. The van der Waals surface area contributed by atoms with Crippen LogP contribution in [0.2, 0.25) is 0 Å². The monoisotopic (exact) mass is 823 g/mol. The van der Waals surface area contributed by atoms with E-state index in [2.05, 4.69) is 253 Å². The highest BCUT2D eigenvalue weighted by Gasteiger charge is 2.23. The maximum atomic E-state index is 6.19. The van der Waals surface area contributed by atoms with Crippen molar-refractivity contribution in [3.8, 4) is 11.1 Å². The van der Waals surface area contributed by atoms with Gasteiger partial charge in [-0.05, 0) is 145 Å². The second-order valence-corrected chi connectivity index (χ2v) is 16.4. The van der Waals surface area contributed by atoms with Crippen molar-refractivity contribution < 1.29 is 4.42 Å². The fourth-order valence-corrected chi connectivity index (χ4v) is 9.09. The number of fused-ring (bicyclic) bond motifs is 4. The lowest BCUT2D eigenvalue weighted by Crippen LogP contribution is -2.16. The summed E-state index contributed by atoms with van der Waals surface area (Å²) >= 11 is 0. The zero-order valence-electron chi connectivity index (χ0n) is 35.8. The average Bonchev–Trinajstić information content (AvgIpc) is 3.71.